The molecule has 0 bridgehead atoms. The second-order valence-corrected chi connectivity index (χ2v) is 9.18. The molecule has 1 saturated heterocycles. The maximum absolute atomic E-state index is 13.7. The molecule has 2 aromatic carbocycles. The molecule has 2 aliphatic heterocycles. The van der Waals surface area contributed by atoms with E-state index in [2.05, 4.69) is 16.0 Å². The van der Waals surface area contributed by atoms with Crippen molar-refractivity contribution in [1.82, 2.24) is 24.3 Å². The molecule has 2 aliphatic rings. The summed E-state index contributed by atoms with van der Waals surface area (Å²) < 4.78 is 7.46. The number of aromatic amines is 1. The van der Waals surface area contributed by atoms with Crippen molar-refractivity contribution in [2.75, 3.05) is 20.2 Å². The van der Waals surface area contributed by atoms with Gasteiger partial charge in [-0.15, -0.1) is 0 Å². The van der Waals surface area contributed by atoms with Crippen molar-refractivity contribution in [2.45, 2.75) is 31.5 Å². The van der Waals surface area contributed by atoms with Crippen molar-refractivity contribution < 1.29 is 14.3 Å². The summed E-state index contributed by atoms with van der Waals surface area (Å²) in [6, 6.07) is 15.0. The molecule has 2 aromatic heterocycles. The molecule has 0 radical (unpaired) electrons. The number of piperazine rings is 1. The number of rotatable bonds is 6. The van der Waals surface area contributed by atoms with Gasteiger partial charge in [-0.3, -0.25) is 9.59 Å². The van der Waals surface area contributed by atoms with E-state index in [9.17, 15) is 9.59 Å². The Labute approximate surface area is 203 Å². The average Bonchev–Trinajstić information content (AvgIpc) is 3.53. The lowest BCUT2D eigenvalue weighted by atomic mass is 9.86. The topological polar surface area (TPSA) is 83.5 Å². The van der Waals surface area contributed by atoms with Gasteiger partial charge in [0.2, 0.25) is 11.8 Å². The molecular weight excluding hydrogens is 442 g/mol. The summed E-state index contributed by atoms with van der Waals surface area (Å²) in [6.45, 7) is 1.39. The number of benzene rings is 2. The Morgan fingerprint density at radius 1 is 1.11 bits per heavy atom. The monoisotopic (exact) mass is 469 g/mol. The SMILES string of the molecule is COc1cccc(C2c3[nH]c4ccccc4c3C[C@H]3C(=O)N(CCCn4ccnc4)CC(=O)N23)c1. The van der Waals surface area contributed by atoms with Gasteiger partial charge in [0.25, 0.3) is 0 Å². The lowest BCUT2D eigenvalue weighted by molar-refractivity contribution is -0.158. The number of amides is 2. The van der Waals surface area contributed by atoms with Gasteiger partial charge in [-0.1, -0.05) is 30.3 Å². The van der Waals surface area contributed by atoms with Crippen LogP contribution in [0.5, 0.6) is 5.75 Å². The van der Waals surface area contributed by atoms with E-state index in [4.69, 9.17) is 4.74 Å². The molecule has 8 heteroatoms. The van der Waals surface area contributed by atoms with Crippen LogP contribution in [0.1, 0.15) is 29.3 Å². The first-order valence-corrected chi connectivity index (χ1v) is 11.9. The largest absolute Gasteiger partial charge is 0.497 e. The maximum atomic E-state index is 13.7. The van der Waals surface area contributed by atoms with Gasteiger partial charge < -0.3 is 24.1 Å². The fourth-order valence-corrected chi connectivity index (χ4v) is 5.53. The van der Waals surface area contributed by atoms with Crippen LogP contribution in [0.15, 0.2) is 67.3 Å². The van der Waals surface area contributed by atoms with Gasteiger partial charge in [-0.25, -0.2) is 4.98 Å². The van der Waals surface area contributed by atoms with Crippen molar-refractivity contribution >= 4 is 22.7 Å². The van der Waals surface area contributed by atoms with Gasteiger partial charge in [-0.05, 0) is 35.7 Å². The predicted molar refractivity (Wildman–Crippen MR) is 131 cm³/mol. The van der Waals surface area contributed by atoms with Crippen LogP contribution >= 0.6 is 0 Å². The second-order valence-electron chi connectivity index (χ2n) is 9.18. The Hall–Kier alpha value is -4.07. The molecule has 2 amide bonds. The molecule has 1 N–H and O–H groups in total. The number of nitrogens with zero attached hydrogens (tertiary/aromatic N) is 4. The second kappa shape index (κ2) is 8.61. The van der Waals surface area contributed by atoms with Gasteiger partial charge in [0.15, 0.2) is 0 Å². The zero-order chi connectivity index (χ0) is 23.9. The average molecular weight is 470 g/mol. The number of aryl methyl sites for hydroxylation is 1. The number of methoxy groups -OCH3 is 1. The van der Waals surface area contributed by atoms with Crippen LogP contribution in [0.2, 0.25) is 0 Å². The standard InChI is InChI=1S/C27H27N5O3/c1-35-19-7-4-6-18(14-19)26-25-21(20-8-2-3-9-22(20)29-25)15-23-27(34)31(16-24(33)32(23)26)12-5-11-30-13-10-28-17-30/h2-4,6-10,13-14,17,23,26,29H,5,11-12,15-16H2,1H3/t23-,26?/m0/s1. The van der Waals surface area contributed by atoms with Gasteiger partial charge in [0.05, 0.1) is 26.0 Å². The number of hydrogen-bond acceptors (Lipinski definition) is 4. The Balaban J connectivity index is 1.38. The molecule has 1 fully saturated rings. The van der Waals surface area contributed by atoms with E-state index in [0.717, 1.165) is 46.4 Å². The quantitative estimate of drug-likeness (QED) is 0.470. The third-order valence-electron chi connectivity index (χ3n) is 7.16. The molecule has 8 nitrogen and oxygen atoms in total. The minimum Gasteiger partial charge on any atom is -0.497 e. The third-order valence-corrected chi connectivity index (χ3v) is 7.16. The van der Waals surface area contributed by atoms with Crippen molar-refractivity contribution in [3.05, 3.63) is 84.1 Å². The van der Waals surface area contributed by atoms with Crippen molar-refractivity contribution in [3.8, 4) is 5.75 Å². The van der Waals surface area contributed by atoms with Gasteiger partial charge in [-0.2, -0.15) is 0 Å². The summed E-state index contributed by atoms with van der Waals surface area (Å²) in [6.07, 6.45) is 6.68. The summed E-state index contributed by atoms with van der Waals surface area (Å²) in [4.78, 5) is 38.5. The first-order valence-electron chi connectivity index (χ1n) is 11.9. The number of hydrogen-bond donors (Lipinski definition) is 1. The number of carbonyl (C=O) groups excluding carboxylic acids is 2. The highest BCUT2D eigenvalue weighted by Crippen LogP contribution is 2.43. The lowest BCUT2D eigenvalue weighted by Gasteiger charge is -2.47. The van der Waals surface area contributed by atoms with Crippen molar-refractivity contribution in [1.29, 1.82) is 0 Å². The molecule has 4 aromatic rings. The van der Waals surface area contributed by atoms with E-state index in [1.165, 1.54) is 0 Å². The fraction of sp³-hybridized carbons (Fsp3) is 0.296. The highest BCUT2D eigenvalue weighted by Gasteiger charge is 2.48. The fourth-order valence-electron chi connectivity index (χ4n) is 5.53. The van der Waals surface area contributed by atoms with Crippen LogP contribution in [-0.2, 0) is 22.6 Å². The lowest BCUT2D eigenvalue weighted by Crippen LogP contribution is -2.63. The Morgan fingerprint density at radius 3 is 2.83 bits per heavy atom. The smallest absolute Gasteiger partial charge is 0.246 e. The number of fused-ring (bicyclic) bond motifs is 4. The zero-order valence-corrected chi connectivity index (χ0v) is 19.6. The molecule has 0 saturated carbocycles. The first kappa shape index (κ1) is 21.5. The molecule has 4 heterocycles. The number of H-pyrrole nitrogens is 1. The highest BCUT2D eigenvalue weighted by molar-refractivity contribution is 5.97. The van der Waals surface area contributed by atoms with Gasteiger partial charge in [0.1, 0.15) is 11.8 Å². The number of imidazole rings is 1. The minimum absolute atomic E-state index is 0.0130. The normalized spacial score (nSPS) is 19.7. The molecule has 35 heavy (non-hydrogen) atoms. The third kappa shape index (κ3) is 3.65. The van der Waals surface area contributed by atoms with E-state index in [-0.39, 0.29) is 24.4 Å². The van der Waals surface area contributed by atoms with E-state index in [0.29, 0.717) is 13.0 Å². The van der Waals surface area contributed by atoms with E-state index in [1.54, 1.807) is 29.4 Å². The molecule has 0 aliphatic carbocycles. The Morgan fingerprint density at radius 2 is 2.00 bits per heavy atom. The van der Waals surface area contributed by atoms with E-state index >= 15 is 0 Å². The van der Waals surface area contributed by atoms with Crippen LogP contribution in [-0.4, -0.2) is 62.4 Å². The number of nitrogens with one attached hydrogen (secondary N) is 1. The summed E-state index contributed by atoms with van der Waals surface area (Å²) in [5.74, 6) is 0.701. The summed E-state index contributed by atoms with van der Waals surface area (Å²) in [5.41, 5.74) is 4.03. The number of carbonyl (C=O) groups is 2. The Bertz CT molecular complexity index is 1390. The van der Waals surface area contributed by atoms with Crippen LogP contribution in [0, 0.1) is 0 Å². The van der Waals surface area contributed by atoms with Crippen LogP contribution < -0.4 is 4.74 Å². The van der Waals surface area contributed by atoms with Crippen LogP contribution in [0.4, 0.5) is 0 Å². The molecule has 178 valence electrons. The van der Waals surface area contributed by atoms with Crippen molar-refractivity contribution in [3.63, 3.8) is 0 Å². The summed E-state index contributed by atoms with van der Waals surface area (Å²) in [5, 5.41) is 1.10. The molecular formula is C27H27N5O3. The summed E-state index contributed by atoms with van der Waals surface area (Å²) in [7, 11) is 1.63. The first-order chi connectivity index (χ1) is 17.1. The Kier molecular flexibility index (Phi) is 5.28. The maximum Gasteiger partial charge on any atom is 0.246 e. The molecule has 2 atom stereocenters. The molecule has 6 rings (SSSR count). The molecule has 1 unspecified atom stereocenters. The highest BCUT2D eigenvalue weighted by atomic mass is 16.5. The van der Waals surface area contributed by atoms with Crippen LogP contribution in [0.25, 0.3) is 10.9 Å². The van der Waals surface area contributed by atoms with Crippen molar-refractivity contribution in [2.24, 2.45) is 0 Å². The minimum atomic E-state index is -0.535. The predicted octanol–water partition coefficient (Wildman–Crippen LogP) is 3.15. The number of aromatic nitrogens is 3. The van der Waals surface area contributed by atoms with Gasteiger partial charge >= 0.3 is 0 Å². The number of ether oxygens (including phenoxy) is 1. The van der Waals surface area contributed by atoms with Crippen LogP contribution in [0.3, 0.4) is 0 Å². The zero-order valence-electron chi connectivity index (χ0n) is 19.6. The summed E-state index contributed by atoms with van der Waals surface area (Å²) >= 11 is 0. The van der Waals surface area contributed by atoms with E-state index in [1.807, 2.05) is 53.2 Å². The number of para-hydroxylation sites is 1. The molecule has 0 spiro atoms. The van der Waals surface area contributed by atoms with E-state index < -0.39 is 6.04 Å². The van der Waals surface area contributed by atoms with Gasteiger partial charge in [0, 0.05) is 48.5 Å².